The molecule has 0 fully saturated rings. The van der Waals surface area contributed by atoms with Crippen molar-refractivity contribution in [1.29, 1.82) is 0 Å². The van der Waals surface area contributed by atoms with Crippen LogP contribution in [0.3, 0.4) is 0 Å². The van der Waals surface area contributed by atoms with E-state index in [0.717, 1.165) is 30.6 Å². The van der Waals surface area contributed by atoms with Crippen molar-refractivity contribution in [3.63, 3.8) is 0 Å². The minimum absolute atomic E-state index is 0.0275. The molecule has 2 amide bonds. The van der Waals surface area contributed by atoms with Gasteiger partial charge in [-0.05, 0) is 25.0 Å². The standard InChI is InChI=1S/C16H17N3O2S/c1-2-3-6-11-10-22-15(17-11)16(21)19-9-14(20)18-12-7-4-5-8-13(12)19/h4-5,7-8,10H,2-3,6,9H2,1H3,(H,18,20). The van der Waals surface area contributed by atoms with Gasteiger partial charge in [0.15, 0.2) is 5.01 Å². The summed E-state index contributed by atoms with van der Waals surface area (Å²) in [4.78, 5) is 30.4. The molecule has 1 aliphatic rings. The SMILES string of the molecule is CCCCc1csc(C(=O)N2CC(=O)Nc3ccccc32)n1. The number of para-hydroxylation sites is 2. The Morgan fingerprint density at radius 3 is 3.05 bits per heavy atom. The van der Waals surface area contributed by atoms with Crippen molar-refractivity contribution in [2.24, 2.45) is 0 Å². The fraction of sp³-hybridized carbons (Fsp3) is 0.312. The number of carbonyl (C=O) groups excluding carboxylic acids is 2. The number of aromatic nitrogens is 1. The smallest absolute Gasteiger partial charge is 0.287 e. The molecule has 5 nitrogen and oxygen atoms in total. The van der Waals surface area contributed by atoms with E-state index in [-0.39, 0.29) is 18.4 Å². The molecule has 0 saturated carbocycles. The Morgan fingerprint density at radius 2 is 2.23 bits per heavy atom. The highest BCUT2D eigenvalue weighted by Gasteiger charge is 2.28. The Bertz CT molecular complexity index is 711. The molecular weight excluding hydrogens is 298 g/mol. The first-order valence-electron chi connectivity index (χ1n) is 7.34. The van der Waals surface area contributed by atoms with Gasteiger partial charge < -0.3 is 5.32 Å². The van der Waals surface area contributed by atoms with E-state index in [9.17, 15) is 9.59 Å². The van der Waals surface area contributed by atoms with Gasteiger partial charge in [0, 0.05) is 5.38 Å². The predicted octanol–water partition coefficient (Wildman–Crippen LogP) is 3.08. The molecule has 1 aliphatic heterocycles. The van der Waals surface area contributed by atoms with Crippen molar-refractivity contribution in [2.45, 2.75) is 26.2 Å². The lowest BCUT2D eigenvalue weighted by atomic mass is 10.2. The van der Waals surface area contributed by atoms with E-state index in [1.54, 1.807) is 6.07 Å². The first kappa shape index (κ1) is 14.7. The van der Waals surface area contributed by atoms with Crippen molar-refractivity contribution in [3.8, 4) is 0 Å². The van der Waals surface area contributed by atoms with Gasteiger partial charge in [-0.25, -0.2) is 4.98 Å². The average molecular weight is 315 g/mol. The van der Waals surface area contributed by atoms with Crippen LogP contribution in [-0.2, 0) is 11.2 Å². The summed E-state index contributed by atoms with van der Waals surface area (Å²) in [5.41, 5.74) is 2.33. The van der Waals surface area contributed by atoms with E-state index in [2.05, 4.69) is 17.2 Å². The number of benzene rings is 1. The maximum atomic E-state index is 12.7. The lowest BCUT2D eigenvalue weighted by Crippen LogP contribution is -2.42. The highest BCUT2D eigenvalue weighted by atomic mass is 32.1. The van der Waals surface area contributed by atoms with Gasteiger partial charge in [0.25, 0.3) is 5.91 Å². The number of thiazole rings is 1. The summed E-state index contributed by atoms with van der Waals surface area (Å²) < 4.78 is 0. The summed E-state index contributed by atoms with van der Waals surface area (Å²) in [6.45, 7) is 2.15. The number of nitrogens with one attached hydrogen (secondary N) is 1. The minimum Gasteiger partial charge on any atom is -0.323 e. The first-order valence-corrected chi connectivity index (χ1v) is 8.22. The Kier molecular flexibility index (Phi) is 4.20. The van der Waals surface area contributed by atoms with Crippen LogP contribution in [-0.4, -0.2) is 23.3 Å². The second kappa shape index (κ2) is 6.27. The van der Waals surface area contributed by atoms with Crippen LogP contribution in [0.1, 0.15) is 35.3 Å². The normalized spacial score (nSPS) is 13.7. The quantitative estimate of drug-likeness (QED) is 0.943. The van der Waals surface area contributed by atoms with Crippen LogP contribution < -0.4 is 10.2 Å². The van der Waals surface area contributed by atoms with Gasteiger partial charge in [-0.3, -0.25) is 14.5 Å². The second-order valence-corrected chi connectivity index (χ2v) is 6.06. The number of carbonyl (C=O) groups is 2. The largest absolute Gasteiger partial charge is 0.323 e. The predicted molar refractivity (Wildman–Crippen MR) is 87.5 cm³/mol. The monoisotopic (exact) mass is 315 g/mol. The molecule has 0 aliphatic carbocycles. The van der Waals surface area contributed by atoms with Crippen molar-refractivity contribution in [2.75, 3.05) is 16.8 Å². The van der Waals surface area contributed by atoms with Crippen molar-refractivity contribution in [1.82, 2.24) is 4.98 Å². The van der Waals surface area contributed by atoms with E-state index in [4.69, 9.17) is 0 Å². The van der Waals surface area contributed by atoms with Gasteiger partial charge in [0.05, 0.1) is 17.1 Å². The second-order valence-electron chi connectivity index (χ2n) is 5.20. The molecule has 6 heteroatoms. The highest BCUT2D eigenvalue weighted by Crippen LogP contribution is 2.30. The summed E-state index contributed by atoms with van der Waals surface area (Å²) in [6.07, 6.45) is 3.05. The Morgan fingerprint density at radius 1 is 1.41 bits per heavy atom. The third kappa shape index (κ3) is 2.87. The Hall–Kier alpha value is -2.21. The number of anilines is 2. The van der Waals surface area contributed by atoms with E-state index in [0.29, 0.717) is 10.7 Å². The fourth-order valence-corrected chi connectivity index (χ4v) is 3.21. The van der Waals surface area contributed by atoms with Crippen LogP contribution in [0.4, 0.5) is 11.4 Å². The third-order valence-electron chi connectivity index (χ3n) is 3.54. The maximum absolute atomic E-state index is 12.7. The summed E-state index contributed by atoms with van der Waals surface area (Å²) in [5.74, 6) is -0.398. The first-order chi connectivity index (χ1) is 10.7. The molecule has 2 heterocycles. The minimum atomic E-state index is -0.213. The maximum Gasteiger partial charge on any atom is 0.287 e. The van der Waals surface area contributed by atoms with Gasteiger partial charge in [0.1, 0.15) is 6.54 Å². The molecule has 3 rings (SSSR count). The zero-order valence-corrected chi connectivity index (χ0v) is 13.2. The number of rotatable bonds is 4. The van der Waals surface area contributed by atoms with Crippen LogP contribution in [0.25, 0.3) is 0 Å². The van der Waals surface area contributed by atoms with Gasteiger partial charge >= 0.3 is 0 Å². The molecular formula is C16H17N3O2S. The van der Waals surface area contributed by atoms with Gasteiger partial charge in [-0.15, -0.1) is 11.3 Å². The molecule has 1 aromatic carbocycles. The topological polar surface area (TPSA) is 62.3 Å². The van der Waals surface area contributed by atoms with Gasteiger partial charge in [0.2, 0.25) is 5.91 Å². The number of fused-ring (bicyclic) bond motifs is 1. The molecule has 0 atom stereocenters. The van der Waals surface area contributed by atoms with Crippen LogP contribution in [0.5, 0.6) is 0 Å². The Balaban J connectivity index is 1.86. The number of hydrogen-bond donors (Lipinski definition) is 1. The molecule has 0 unspecified atom stereocenters. The highest BCUT2D eigenvalue weighted by molar-refractivity contribution is 7.11. The van der Waals surface area contributed by atoms with Crippen LogP contribution in [0.2, 0.25) is 0 Å². The molecule has 2 aromatic rings. The zero-order chi connectivity index (χ0) is 15.5. The Labute approximate surface area is 133 Å². The van der Waals surface area contributed by atoms with Gasteiger partial charge in [-0.2, -0.15) is 0 Å². The van der Waals surface area contributed by atoms with E-state index >= 15 is 0 Å². The lowest BCUT2D eigenvalue weighted by Gasteiger charge is -2.28. The number of aryl methyl sites for hydroxylation is 1. The van der Waals surface area contributed by atoms with Crippen molar-refractivity contribution in [3.05, 3.63) is 40.3 Å². The number of nitrogens with zero attached hydrogens (tertiary/aromatic N) is 2. The van der Waals surface area contributed by atoms with E-state index in [1.165, 1.54) is 16.2 Å². The molecule has 0 bridgehead atoms. The zero-order valence-electron chi connectivity index (χ0n) is 12.3. The number of hydrogen-bond acceptors (Lipinski definition) is 4. The van der Waals surface area contributed by atoms with Crippen molar-refractivity contribution >= 4 is 34.5 Å². The molecule has 22 heavy (non-hydrogen) atoms. The molecule has 0 spiro atoms. The van der Waals surface area contributed by atoms with E-state index < -0.39 is 0 Å². The van der Waals surface area contributed by atoms with Crippen LogP contribution >= 0.6 is 11.3 Å². The van der Waals surface area contributed by atoms with Crippen molar-refractivity contribution < 1.29 is 9.59 Å². The molecule has 0 radical (unpaired) electrons. The van der Waals surface area contributed by atoms with Gasteiger partial charge in [-0.1, -0.05) is 25.5 Å². The van der Waals surface area contributed by atoms with E-state index in [1.807, 2.05) is 23.6 Å². The number of amides is 2. The van der Waals surface area contributed by atoms with Crippen LogP contribution in [0, 0.1) is 0 Å². The third-order valence-corrected chi connectivity index (χ3v) is 4.42. The molecule has 1 N–H and O–H groups in total. The summed E-state index contributed by atoms with van der Waals surface area (Å²) >= 11 is 1.34. The summed E-state index contributed by atoms with van der Waals surface area (Å²) in [5, 5.41) is 5.15. The fourth-order valence-electron chi connectivity index (χ4n) is 2.41. The average Bonchev–Trinajstić information content (AvgIpc) is 3.00. The van der Waals surface area contributed by atoms with Crippen LogP contribution in [0.15, 0.2) is 29.6 Å². The lowest BCUT2D eigenvalue weighted by molar-refractivity contribution is -0.115. The molecule has 0 saturated heterocycles. The summed E-state index contributed by atoms with van der Waals surface area (Å²) in [7, 11) is 0. The number of unbranched alkanes of at least 4 members (excludes halogenated alkanes) is 1. The summed E-state index contributed by atoms with van der Waals surface area (Å²) in [6, 6.07) is 7.31. The molecule has 1 aromatic heterocycles. The molecule has 114 valence electrons.